The number of rotatable bonds is 2. The number of benzene rings is 1. The molecule has 0 aliphatic heterocycles. The number of hydrogen-bond acceptors (Lipinski definition) is 3. The molecule has 0 amide bonds. The Morgan fingerprint density at radius 1 is 1.38 bits per heavy atom. The zero-order chi connectivity index (χ0) is 10.1. The Kier molecular flexibility index (Phi) is 2.80. The van der Waals surface area contributed by atoms with Crippen LogP contribution < -0.4 is 10.5 Å². The van der Waals surface area contributed by atoms with Crippen molar-refractivity contribution in [2.24, 2.45) is 0 Å². The van der Waals surface area contributed by atoms with E-state index in [1.165, 1.54) is 0 Å². The molecule has 0 aliphatic rings. The van der Waals surface area contributed by atoms with Crippen molar-refractivity contribution in [3.63, 3.8) is 0 Å². The van der Waals surface area contributed by atoms with Crippen LogP contribution in [0.5, 0.6) is 0 Å². The Morgan fingerprint density at radius 3 is 2.46 bits per heavy atom. The molecule has 1 aromatic carbocycles. The van der Waals surface area contributed by atoms with E-state index in [1.54, 1.807) is 18.2 Å². The molecule has 0 saturated carbocycles. The molecule has 0 spiro atoms. The number of primary sulfonamides is 1. The topological polar surface area (TPSA) is 76.8 Å². The lowest BCUT2D eigenvalue weighted by Gasteiger charge is -1.99. The Morgan fingerprint density at radius 2 is 2.00 bits per heavy atom. The normalized spacial score (nSPS) is 11.5. The lowest BCUT2D eigenvalue weighted by Crippen LogP contribution is -2.81. The quantitative estimate of drug-likeness (QED) is 0.695. The average Bonchev–Trinajstić information content (AvgIpc) is 1.78. The molecule has 1 rings (SSSR count). The molecule has 6 heteroatoms. The Bertz CT molecular complexity index is 396. The number of sulfonamides is 1. The molecular formula is C7H10ClN2O2S+. The summed E-state index contributed by atoms with van der Waals surface area (Å²) < 4.78 is 22.9. The van der Waals surface area contributed by atoms with Crippen molar-refractivity contribution in [3.8, 4) is 0 Å². The van der Waals surface area contributed by atoms with Gasteiger partial charge in [0.25, 0.3) is 10.0 Å². The molecule has 0 aromatic heterocycles. The fourth-order valence-corrected chi connectivity index (χ4v) is 1.83. The zero-order valence-corrected chi connectivity index (χ0v) is 8.56. The predicted molar refractivity (Wildman–Crippen MR) is 52.3 cm³/mol. The number of hydrogen-bond donors (Lipinski definition) is 2. The first-order valence-electron chi connectivity index (χ1n) is 3.48. The fraction of sp³-hybridized carbons (Fsp3) is 0.143. The molecule has 72 valence electrons. The van der Waals surface area contributed by atoms with Crippen LogP contribution in [-0.4, -0.2) is 14.7 Å². The van der Waals surface area contributed by atoms with Crippen LogP contribution in [0.1, 0.15) is 0 Å². The maximum Gasteiger partial charge on any atom is 0.295 e. The van der Waals surface area contributed by atoms with Crippen LogP contribution in [0.25, 0.3) is 0 Å². The van der Waals surface area contributed by atoms with Crippen LogP contribution in [0.2, 0.25) is 5.02 Å². The minimum atomic E-state index is -3.15. The summed E-state index contributed by atoms with van der Waals surface area (Å²) in [6.07, 6.45) is 1.12. The van der Waals surface area contributed by atoms with Crippen molar-refractivity contribution in [2.45, 2.75) is 0 Å². The first kappa shape index (κ1) is 10.3. The number of nitrogens with two attached hydrogens (primary N) is 2. The van der Waals surface area contributed by atoms with Crippen LogP contribution >= 0.6 is 11.6 Å². The van der Waals surface area contributed by atoms with Crippen LogP contribution in [0, 0.1) is 0 Å². The molecule has 0 unspecified atom stereocenters. The summed E-state index contributed by atoms with van der Waals surface area (Å²) in [5.74, 6) is 0. The van der Waals surface area contributed by atoms with Gasteiger partial charge in [-0.15, -0.1) is 0 Å². The summed E-state index contributed by atoms with van der Waals surface area (Å²) in [5.41, 5.74) is 6.42. The van der Waals surface area contributed by atoms with E-state index in [4.69, 9.17) is 17.3 Å². The molecule has 0 atom stereocenters. The van der Waals surface area contributed by atoms with Gasteiger partial charge in [-0.05, 0) is 6.07 Å². The first-order valence-corrected chi connectivity index (χ1v) is 5.81. The highest BCUT2D eigenvalue weighted by molar-refractivity contribution is 7.84. The average molecular weight is 222 g/mol. The number of anilines is 1. The maximum absolute atomic E-state index is 10.9. The Balaban J connectivity index is 3.03. The van der Waals surface area contributed by atoms with Gasteiger partial charge < -0.3 is 5.73 Å². The summed E-state index contributed by atoms with van der Waals surface area (Å²) >= 11 is 5.68. The third-order valence-corrected chi connectivity index (χ3v) is 2.21. The molecule has 0 saturated heterocycles. The van der Waals surface area contributed by atoms with E-state index in [-0.39, 0.29) is 0 Å². The van der Waals surface area contributed by atoms with Gasteiger partial charge >= 0.3 is 0 Å². The van der Waals surface area contributed by atoms with Gasteiger partial charge in [-0.3, -0.25) is 0 Å². The van der Waals surface area contributed by atoms with Gasteiger partial charge in [0.2, 0.25) is 0 Å². The van der Waals surface area contributed by atoms with Gasteiger partial charge in [-0.25, -0.2) is 4.72 Å². The molecule has 0 bridgehead atoms. The van der Waals surface area contributed by atoms with Gasteiger partial charge in [0.05, 0.1) is 6.26 Å². The molecular weight excluding hydrogens is 212 g/mol. The molecule has 0 aliphatic carbocycles. The Hall–Kier alpha value is -0.780. The van der Waals surface area contributed by atoms with E-state index in [0.717, 1.165) is 11.0 Å². The second kappa shape index (κ2) is 3.53. The van der Waals surface area contributed by atoms with Crippen molar-refractivity contribution in [3.05, 3.63) is 23.2 Å². The summed E-state index contributed by atoms with van der Waals surface area (Å²) in [6.45, 7) is 0. The van der Waals surface area contributed by atoms with E-state index in [2.05, 4.69) is 0 Å². The number of quaternary nitrogens is 1. The third kappa shape index (κ3) is 3.63. The van der Waals surface area contributed by atoms with Crippen molar-refractivity contribution < 1.29 is 13.1 Å². The summed E-state index contributed by atoms with van der Waals surface area (Å²) in [7, 11) is -3.15. The van der Waals surface area contributed by atoms with Crippen molar-refractivity contribution in [1.29, 1.82) is 0 Å². The highest BCUT2D eigenvalue weighted by atomic mass is 35.5. The van der Waals surface area contributed by atoms with Crippen LogP contribution in [0.15, 0.2) is 18.2 Å². The van der Waals surface area contributed by atoms with Crippen LogP contribution in [0.3, 0.4) is 0 Å². The summed E-state index contributed by atoms with van der Waals surface area (Å²) in [5, 5.41) is 0.426. The van der Waals surface area contributed by atoms with E-state index in [9.17, 15) is 8.42 Å². The summed E-state index contributed by atoms with van der Waals surface area (Å²) in [6, 6.07) is 4.65. The molecule has 0 radical (unpaired) electrons. The number of nitrogen functional groups attached to an aromatic ring is 1. The lowest BCUT2D eigenvalue weighted by atomic mass is 10.3. The third-order valence-electron chi connectivity index (χ3n) is 1.29. The highest BCUT2D eigenvalue weighted by Gasteiger charge is 2.08. The molecule has 4 nitrogen and oxygen atoms in total. The summed E-state index contributed by atoms with van der Waals surface area (Å²) in [4.78, 5) is 0. The van der Waals surface area contributed by atoms with E-state index in [1.807, 2.05) is 0 Å². The van der Waals surface area contributed by atoms with Crippen LogP contribution in [-0.2, 0) is 10.0 Å². The van der Waals surface area contributed by atoms with Crippen LogP contribution in [0.4, 0.5) is 11.4 Å². The zero-order valence-electron chi connectivity index (χ0n) is 6.99. The predicted octanol–water partition coefficient (Wildman–Crippen LogP) is 0.0767. The van der Waals surface area contributed by atoms with Gasteiger partial charge in [-0.2, -0.15) is 8.42 Å². The molecule has 0 fully saturated rings. The lowest BCUT2D eigenvalue weighted by molar-refractivity contribution is -0.396. The second-order valence-corrected chi connectivity index (χ2v) is 5.10. The monoisotopic (exact) mass is 221 g/mol. The van der Waals surface area contributed by atoms with Gasteiger partial charge in [0, 0.05) is 22.8 Å². The molecule has 13 heavy (non-hydrogen) atoms. The molecule has 1 aromatic rings. The smallest absolute Gasteiger partial charge is 0.295 e. The Labute approximate surface area is 81.8 Å². The first-order chi connectivity index (χ1) is 5.87. The fourth-order valence-electron chi connectivity index (χ4n) is 0.951. The van der Waals surface area contributed by atoms with Gasteiger partial charge in [0.15, 0.2) is 0 Å². The highest BCUT2D eigenvalue weighted by Crippen LogP contribution is 2.16. The largest absolute Gasteiger partial charge is 0.399 e. The number of halogens is 1. The van der Waals surface area contributed by atoms with Crippen molar-refractivity contribution in [2.75, 3.05) is 12.0 Å². The van der Waals surface area contributed by atoms with E-state index >= 15 is 0 Å². The maximum atomic E-state index is 10.9. The van der Waals surface area contributed by atoms with E-state index < -0.39 is 10.0 Å². The van der Waals surface area contributed by atoms with Crippen molar-refractivity contribution >= 4 is 33.0 Å². The second-order valence-electron chi connectivity index (χ2n) is 2.77. The molecule has 0 heterocycles. The minimum absolute atomic E-state index is 0.426. The minimum Gasteiger partial charge on any atom is -0.399 e. The van der Waals surface area contributed by atoms with Gasteiger partial charge in [0.1, 0.15) is 5.69 Å². The standard InChI is InChI=1S/C7H9ClN2O2S/c1-13(11,12)10-7-3-5(8)2-6(9)4-7/h2-4,10H,9H2,1H3/p+1. The van der Waals surface area contributed by atoms with E-state index in [0.29, 0.717) is 16.4 Å². The SMILES string of the molecule is CS(=O)(=O)[NH2+]c1cc(N)cc(Cl)c1. The van der Waals surface area contributed by atoms with Gasteiger partial charge in [-0.1, -0.05) is 11.6 Å². The molecule has 4 N–H and O–H groups in total. The van der Waals surface area contributed by atoms with Crippen molar-refractivity contribution in [1.82, 2.24) is 0 Å².